The summed E-state index contributed by atoms with van der Waals surface area (Å²) in [4.78, 5) is 4.55. The van der Waals surface area contributed by atoms with E-state index in [1.807, 2.05) is 23.6 Å². The van der Waals surface area contributed by atoms with Gasteiger partial charge in [0.2, 0.25) is 0 Å². The van der Waals surface area contributed by atoms with Gasteiger partial charge in [-0.25, -0.2) is 4.98 Å². The maximum Gasteiger partial charge on any atom is 0.161 e. The largest absolute Gasteiger partial charge is 0.508 e. The van der Waals surface area contributed by atoms with Gasteiger partial charge in [0.1, 0.15) is 16.5 Å². The van der Waals surface area contributed by atoms with Crippen LogP contribution in [0.1, 0.15) is 0 Å². The molecule has 0 aliphatic rings. The van der Waals surface area contributed by atoms with Crippen LogP contribution >= 0.6 is 23.7 Å². The van der Waals surface area contributed by atoms with Crippen molar-refractivity contribution < 1.29 is 19.7 Å². The number of phenolic OH excluding ortho intramolecular Hbond substituents is 2. The lowest BCUT2D eigenvalue weighted by Crippen LogP contribution is -1.90. The van der Waals surface area contributed by atoms with E-state index in [9.17, 15) is 10.2 Å². The number of halogens is 1. The number of benzene rings is 2. The quantitative estimate of drug-likeness (QED) is 0.720. The van der Waals surface area contributed by atoms with Gasteiger partial charge < -0.3 is 19.7 Å². The van der Waals surface area contributed by atoms with E-state index in [0.717, 1.165) is 10.6 Å². The zero-order valence-electron chi connectivity index (χ0n) is 13.0. The van der Waals surface area contributed by atoms with Gasteiger partial charge in [0, 0.05) is 22.6 Å². The van der Waals surface area contributed by atoms with Gasteiger partial charge in [0.25, 0.3) is 0 Å². The Bertz CT molecular complexity index is 850. The number of rotatable bonds is 4. The smallest absolute Gasteiger partial charge is 0.161 e. The van der Waals surface area contributed by atoms with E-state index in [1.165, 1.54) is 23.5 Å². The Kier molecular flexibility index (Phi) is 5.54. The summed E-state index contributed by atoms with van der Waals surface area (Å²) in [6, 6.07) is 10.0. The van der Waals surface area contributed by atoms with E-state index in [4.69, 9.17) is 9.47 Å². The summed E-state index contributed by atoms with van der Waals surface area (Å²) in [6.07, 6.45) is 0. The molecule has 0 saturated carbocycles. The SMILES string of the molecule is COc1ccc(-c2nc(-c3ccc(O)cc3O)cs2)cc1OC.Cl. The summed E-state index contributed by atoms with van der Waals surface area (Å²) in [7, 11) is 3.18. The monoisotopic (exact) mass is 365 g/mol. The Labute approximate surface area is 149 Å². The number of hydrogen-bond donors (Lipinski definition) is 2. The number of methoxy groups -OCH3 is 2. The lowest BCUT2D eigenvalue weighted by Gasteiger charge is -2.08. The first-order valence-electron chi connectivity index (χ1n) is 6.82. The fraction of sp³-hybridized carbons (Fsp3) is 0.118. The van der Waals surface area contributed by atoms with Crippen molar-refractivity contribution >= 4 is 23.7 Å². The van der Waals surface area contributed by atoms with Gasteiger partial charge in [-0.05, 0) is 30.3 Å². The molecular weight excluding hydrogens is 350 g/mol. The molecule has 0 bridgehead atoms. The van der Waals surface area contributed by atoms with Gasteiger partial charge in [-0.3, -0.25) is 0 Å². The third-order valence-corrected chi connectivity index (χ3v) is 4.28. The second-order valence-corrected chi connectivity index (χ2v) is 5.67. The Morgan fingerprint density at radius 2 is 1.71 bits per heavy atom. The molecular formula is C17H16ClNO4S. The molecule has 0 amide bonds. The van der Waals surface area contributed by atoms with Crippen molar-refractivity contribution in [2.45, 2.75) is 0 Å². The molecule has 1 aromatic heterocycles. The minimum atomic E-state index is -0.00541. The highest BCUT2D eigenvalue weighted by Gasteiger charge is 2.12. The molecule has 3 aromatic rings. The lowest BCUT2D eigenvalue weighted by molar-refractivity contribution is 0.355. The summed E-state index contributed by atoms with van der Waals surface area (Å²) in [5.74, 6) is 1.30. The minimum absolute atomic E-state index is 0. The van der Waals surface area contributed by atoms with E-state index in [-0.39, 0.29) is 23.9 Å². The molecule has 3 rings (SSSR count). The van der Waals surface area contributed by atoms with Crippen LogP contribution < -0.4 is 9.47 Å². The molecule has 0 radical (unpaired) electrons. The molecule has 0 saturated heterocycles. The molecule has 0 unspecified atom stereocenters. The molecule has 0 atom stereocenters. The maximum absolute atomic E-state index is 9.94. The number of aromatic hydroxyl groups is 2. The summed E-state index contributed by atoms with van der Waals surface area (Å²) in [5, 5.41) is 22.0. The van der Waals surface area contributed by atoms with Gasteiger partial charge in [0.15, 0.2) is 11.5 Å². The third-order valence-electron chi connectivity index (χ3n) is 3.39. The lowest BCUT2D eigenvalue weighted by atomic mass is 10.1. The highest BCUT2D eigenvalue weighted by atomic mass is 35.5. The topological polar surface area (TPSA) is 71.8 Å². The Hall–Kier alpha value is -2.44. The van der Waals surface area contributed by atoms with Crippen molar-refractivity contribution in [3.8, 4) is 44.8 Å². The van der Waals surface area contributed by atoms with Gasteiger partial charge in [-0.15, -0.1) is 23.7 Å². The van der Waals surface area contributed by atoms with Crippen LogP contribution in [0.3, 0.4) is 0 Å². The molecule has 24 heavy (non-hydrogen) atoms. The van der Waals surface area contributed by atoms with Gasteiger partial charge in [-0.2, -0.15) is 0 Å². The van der Waals surface area contributed by atoms with Crippen LogP contribution in [0, 0.1) is 0 Å². The van der Waals surface area contributed by atoms with Crippen LogP contribution in [0.4, 0.5) is 0 Å². The number of thiazole rings is 1. The molecule has 5 nitrogen and oxygen atoms in total. The Morgan fingerprint density at radius 3 is 2.38 bits per heavy atom. The average Bonchev–Trinajstić information content (AvgIpc) is 3.03. The predicted octanol–water partition coefficient (Wildman–Crippen LogP) is 4.33. The summed E-state index contributed by atoms with van der Waals surface area (Å²) in [5.41, 5.74) is 2.13. The zero-order valence-corrected chi connectivity index (χ0v) is 14.6. The molecule has 0 fully saturated rings. The van der Waals surface area contributed by atoms with Crippen molar-refractivity contribution in [1.82, 2.24) is 4.98 Å². The zero-order chi connectivity index (χ0) is 16.4. The van der Waals surface area contributed by atoms with E-state index in [1.54, 1.807) is 20.3 Å². The first kappa shape index (κ1) is 17.9. The summed E-state index contributed by atoms with van der Waals surface area (Å²) < 4.78 is 10.5. The van der Waals surface area contributed by atoms with Crippen LogP contribution in [-0.2, 0) is 0 Å². The average molecular weight is 366 g/mol. The number of phenols is 2. The fourth-order valence-electron chi connectivity index (χ4n) is 2.24. The van der Waals surface area contributed by atoms with Crippen molar-refractivity contribution in [2.24, 2.45) is 0 Å². The Morgan fingerprint density at radius 1 is 0.958 bits per heavy atom. The second kappa shape index (κ2) is 7.42. The number of nitrogens with zero attached hydrogens (tertiary/aromatic N) is 1. The van der Waals surface area contributed by atoms with E-state index >= 15 is 0 Å². The van der Waals surface area contributed by atoms with Crippen LogP contribution in [-0.4, -0.2) is 29.4 Å². The standard InChI is InChI=1S/C17H15NO4S.ClH/c1-21-15-6-3-10(7-16(15)22-2)17-18-13(9-23-17)12-5-4-11(19)8-14(12)20;/h3-9,19-20H,1-2H3;1H. The molecule has 2 N–H and O–H groups in total. The van der Waals surface area contributed by atoms with Gasteiger partial charge in [-0.1, -0.05) is 0 Å². The maximum atomic E-state index is 9.94. The fourth-order valence-corrected chi connectivity index (χ4v) is 3.05. The molecule has 2 aromatic carbocycles. The third kappa shape index (κ3) is 3.39. The molecule has 7 heteroatoms. The Balaban J connectivity index is 0.00000208. The normalized spacial score (nSPS) is 10.1. The first-order valence-corrected chi connectivity index (χ1v) is 7.70. The van der Waals surface area contributed by atoms with Crippen LogP contribution in [0.5, 0.6) is 23.0 Å². The molecule has 0 aliphatic carbocycles. The van der Waals surface area contributed by atoms with Crippen LogP contribution in [0.15, 0.2) is 41.8 Å². The number of hydrogen-bond acceptors (Lipinski definition) is 6. The van der Waals surface area contributed by atoms with Crippen molar-refractivity contribution in [3.63, 3.8) is 0 Å². The number of aromatic nitrogens is 1. The van der Waals surface area contributed by atoms with Crippen LogP contribution in [0.2, 0.25) is 0 Å². The van der Waals surface area contributed by atoms with Crippen molar-refractivity contribution in [3.05, 3.63) is 41.8 Å². The number of ether oxygens (including phenoxy) is 2. The summed E-state index contributed by atoms with van der Waals surface area (Å²) >= 11 is 1.46. The second-order valence-electron chi connectivity index (χ2n) is 4.81. The molecule has 126 valence electrons. The summed E-state index contributed by atoms with van der Waals surface area (Å²) in [6.45, 7) is 0. The molecule has 1 heterocycles. The molecule has 0 spiro atoms. The first-order chi connectivity index (χ1) is 11.1. The van der Waals surface area contributed by atoms with Crippen molar-refractivity contribution in [2.75, 3.05) is 14.2 Å². The highest BCUT2D eigenvalue weighted by molar-refractivity contribution is 7.13. The minimum Gasteiger partial charge on any atom is -0.508 e. The van der Waals surface area contributed by atoms with Gasteiger partial charge >= 0.3 is 0 Å². The highest BCUT2D eigenvalue weighted by Crippen LogP contribution is 2.37. The van der Waals surface area contributed by atoms with Crippen molar-refractivity contribution in [1.29, 1.82) is 0 Å². The van der Waals surface area contributed by atoms with Gasteiger partial charge in [0.05, 0.1) is 19.9 Å². The molecule has 0 aliphatic heterocycles. The van der Waals surface area contributed by atoms with E-state index in [0.29, 0.717) is 22.8 Å². The van der Waals surface area contributed by atoms with Crippen LogP contribution in [0.25, 0.3) is 21.8 Å². The van der Waals surface area contributed by atoms with E-state index in [2.05, 4.69) is 4.98 Å². The van der Waals surface area contributed by atoms with E-state index < -0.39 is 0 Å². The predicted molar refractivity (Wildman–Crippen MR) is 96.7 cm³/mol.